The van der Waals surface area contributed by atoms with Gasteiger partial charge in [-0.15, -0.1) is 0 Å². The summed E-state index contributed by atoms with van der Waals surface area (Å²) in [6, 6.07) is 8.85. The van der Waals surface area contributed by atoms with Gasteiger partial charge in [-0.3, -0.25) is 0 Å². The van der Waals surface area contributed by atoms with Gasteiger partial charge in [0, 0.05) is 24.4 Å². The molecule has 1 aromatic rings. The Bertz CT molecular complexity index is 722. The zero-order chi connectivity index (χ0) is 16.8. The van der Waals surface area contributed by atoms with Crippen LogP contribution in [0.15, 0.2) is 36.4 Å². The van der Waals surface area contributed by atoms with Gasteiger partial charge in [0.1, 0.15) is 0 Å². The van der Waals surface area contributed by atoms with Crippen molar-refractivity contribution in [3.05, 3.63) is 46.9 Å². The highest BCUT2D eigenvalue weighted by Gasteiger charge is 2.25. The van der Waals surface area contributed by atoms with E-state index < -0.39 is 11.9 Å². The first-order valence-electron chi connectivity index (χ1n) is 7.33. The zero-order valence-electron chi connectivity index (χ0n) is 12.5. The van der Waals surface area contributed by atoms with Crippen LogP contribution in [0.5, 0.6) is 0 Å². The second kappa shape index (κ2) is 7.60. The first-order chi connectivity index (χ1) is 11.0. The average Bonchev–Trinajstić information content (AvgIpc) is 2.53. The summed E-state index contributed by atoms with van der Waals surface area (Å²) in [5.41, 5.74) is 1.38. The predicted octanol–water partition coefficient (Wildman–Crippen LogP) is -0.196. The van der Waals surface area contributed by atoms with Gasteiger partial charge < -0.3 is 20.6 Å². The molecule has 0 radical (unpaired) electrons. The fraction of sp³-hybridized carbons (Fsp3) is 0.294. The summed E-state index contributed by atoms with van der Waals surface area (Å²) in [6.07, 6.45) is 5.84. The number of rotatable bonds is 2. The molecule has 1 saturated carbocycles. The maximum absolute atomic E-state index is 9.71. The second-order valence-electron chi connectivity index (χ2n) is 5.42. The van der Waals surface area contributed by atoms with Crippen LogP contribution in [-0.4, -0.2) is 39.4 Å². The van der Waals surface area contributed by atoms with E-state index >= 15 is 0 Å². The molecule has 0 saturated heterocycles. The summed E-state index contributed by atoms with van der Waals surface area (Å²) < 4.78 is 0. The van der Waals surface area contributed by atoms with Crippen molar-refractivity contribution >= 4 is 23.7 Å². The number of aliphatic carboxylic acids is 2. The van der Waals surface area contributed by atoms with Crippen molar-refractivity contribution in [1.82, 2.24) is 5.32 Å². The van der Waals surface area contributed by atoms with Crippen molar-refractivity contribution in [2.24, 2.45) is 0 Å². The Kier molecular flexibility index (Phi) is 5.54. The first kappa shape index (κ1) is 16.8. The van der Waals surface area contributed by atoms with E-state index in [-0.39, 0.29) is 6.10 Å². The van der Waals surface area contributed by atoms with Crippen LogP contribution in [0, 0.1) is 0 Å². The van der Waals surface area contributed by atoms with Crippen molar-refractivity contribution in [2.75, 3.05) is 0 Å². The van der Waals surface area contributed by atoms with E-state index in [9.17, 15) is 14.7 Å². The number of carboxylic acid groups (broad SMARTS) is 2. The maximum Gasteiger partial charge on any atom is 0.328 e. The van der Waals surface area contributed by atoms with E-state index in [4.69, 9.17) is 10.2 Å². The molecule has 1 fully saturated rings. The van der Waals surface area contributed by atoms with Crippen molar-refractivity contribution in [2.45, 2.75) is 31.4 Å². The molecule has 0 aromatic heterocycles. The molecule has 6 heteroatoms. The Balaban J connectivity index is 0.000000207. The Labute approximate surface area is 133 Å². The minimum Gasteiger partial charge on any atom is -0.478 e. The lowest BCUT2D eigenvalue weighted by Gasteiger charge is -2.31. The molecular weight excluding hydrogens is 298 g/mol. The molecule has 1 aliphatic carbocycles. The van der Waals surface area contributed by atoms with E-state index in [0.717, 1.165) is 19.3 Å². The number of nitrogens with one attached hydrogen (secondary N) is 1. The number of fused-ring (bicyclic) bond motifs is 2. The molecule has 1 aromatic carbocycles. The Hall–Kier alpha value is -2.60. The molecule has 23 heavy (non-hydrogen) atoms. The van der Waals surface area contributed by atoms with Gasteiger partial charge in [0.15, 0.2) is 0 Å². The quantitative estimate of drug-likeness (QED) is 0.563. The number of aliphatic hydroxyl groups excluding tert-OH is 1. The van der Waals surface area contributed by atoms with Gasteiger partial charge in [-0.05, 0) is 35.3 Å². The van der Waals surface area contributed by atoms with Crippen LogP contribution in [0.1, 0.15) is 19.3 Å². The van der Waals surface area contributed by atoms with Gasteiger partial charge in [-0.1, -0.05) is 24.3 Å². The van der Waals surface area contributed by atoms with Gasteiger partial charge in [-0.2, -0.15) is 0 Å². The fourth-order valence-electron chi connectivity index (χ4n) is 2.76. The number of aliphatic hydroxyl groups is 1. The Morgan fingerprint density at radius 3 is 2.39 bits per heavy atom. The highest BCUT2D eigenvalue weighted by molar-refractivity contribution is 5.89. The summed E-state index contributed by atoms with van der Waals surface area (Å²) in [4.78, 5) is 19.1. The van der Waals surface area contributed by atoms with Crippen LogP contribution in [0.2, 0.25) is 0 Å². The molecule has 3 rings (SSSR count). The largest absolute Gasteiger partial charge is 0.478 e. The SMILES string of the molecule is O=C(O)C=CC(=O)O.OC1CCC2NC=c3ccccc3=C2C1. The van der Waals surface area contributed by atoms with Crippen molar-refractivity contribution in [3.63, 3.8) is 0 Å². The molecule has 0 bridgehead atoms. The second-order valence-corrected chi connectivity index (χ2v) is 5.42. The summed E-state index contributed by atoms with van der Waals surface area (Å²) in [5, 5.41) is 31.3. The van der Waals surface area contributed by atoms with E-state index in [1.807, 2.05) is 0 Å². The van der Waals surface area contributed by atoms with Crippen molar-refractivity contribution in [3.8, 4) is 0 Å². The molecule has 2 atom stereocenters. The lowest BCUT2D eigenvalue weighted by molar-refractivity contribution is -0.134. The molecule has 0 spiro atoms. The van der Waals surface area contributed by atoms with Crippen LogP contribution in [-0.2, 0) is 9.59 Å². The van der Waals surface area contributed by atoms with E-state index in [2.05, 4.69) is 35.8 Å². The minimum absolute atomic E-state index is 0.149. The van der Waals surface area contributed by atoms with Gasteiger partial charge in [0.05, 0.1) is 6.10 Å². The summed E-state index contributed by atoms with van der Waals surface area (Å²) >= 11 is 0. The van der Waals surface area contributed by atoms with E-state index in [0.29, 0.717) is 18.2 Å². The molecular formula is C17H19NO5. The van der Waals surface area contributed by atoms with E-state index in [1.165, 1.54) is 16.0 Å². The van der Waals surface area contributed by atoms with Crippen LogP contribution in [0.25, 0.3) is 11.8 Å². The molecule has 1 heterocycles. The van der Waals surface area contributed by atoms with Gasteiger partial charge >= 0.3 is 11.9 Å². The minimum atomic E-state index is -1.26. The lowest BCUT2D eigenvalue weighted by Crippen LogP contribution is -2.45. The van der Waals surface area contributed by atoms with Crippen LogP contribution in [0.3, 0.4) is 0 Å². The standard InChI is InChI=1S/C13H15NO.C4H4O4/c15-10-5-6-13-12(7-10)11-4-2-1-3-9(11)8-14-13;5-3(6)1-2-4(7)8/h1-4,8,10,13-15H,5-7H2;1-2H,(H,5,6)(H,7,8). The molecule has 0 amide bonds. The van der Waals surface area contributed by atoms with Gasteiger partial charge in [0.25, 0.3) is 0 Å². The number of hydrogen-bond acceptors (Lipinski definition) is 4. The van der Waals surface area contributed by atoms with E-state index in [1.54, 1.807) is 0 Å². The molecule has 2 aliphatic rings. The van der Waals surface area contributed by atoms with Crippen LogP contribution >= 0.6 is 0 Å². The fourth-order valence-corrected chi connectivity index (χ4v) is 2.76. The lowest BCUT2D eigenvalue weighted by atomic mass is 9.85. The van der Waals surface area contributed by atoms with Crippen LogP contribution < -0.4 is 15.8 Å². The Morgan fingerprint density at radius 1 is 1.09 bits per heavy atom. The highest BCUT2D eigenvalue weighted by Crippen LogP contribution is 2.24. The normalized spacial score (nSPS) is 21.9. The predicted molar refractivity (Wildman–Crippen MR) is 84.8 cm³/mol. The molecule has 2 unspecified atom stereocenters. The van der Waals surface area contributed by atoms with Crippen molar-refractivity contribution < 1.29 is 24.9 Å². The maximum atomic E-state index is 9.71. The topological polar surface area (TPSA) is 107 Å². The summed E-state index contributed by atoms with van der Waals surface area (Å²) in [6.45, 7) is 0. The molecule has 1 aliphatic heterocycles. The van der Waals surface area contributed by atoms with Crippen LogP contribution in [0.4, 0.5) is 0 Å². The third-order valence-corrected chi connectivity index (χ3v) is 3.78. The number of carboxylic acids is 2. The summed E-state index contributed by atoms with van der Waals surface area (Å²) in [7, 11) is 0. The number of carbonyl (C=O) groups is 2. The Morgan fingerprint density at radius 2 is 1.74 bits per heavy atom. The average molecular weight is 317 g/mol. The summed E-state index contributed by atoms with van der Waals surface area (Å²) in [5.74, 6) is -2.51. The first-order valence-corrected chi connectivity index (χ1v) is 7.33. The number of benzene rings is 1. The smallest absolute Gasteiger partial charge is 0.328 e. The van der Waals surface area contributed by atoms with Crippen molar-refractivity contribution in [1.29, 1.82) is 0 Å². The highest BCUT2D eigenvalue weighted by atomic mass is 16.4. The monoisotopic (exact) mass is 317 g/mol. The van der Waals surface area contributed by atoms with Gasteiger partial charge in [-0.25, -0.2) is 9.59 Å². The molecule has 122 valence electrons. The zero-order valence-corrected chi connectivity index (χ0v) is 12.5. The third-order valence-electron chi connectivity index (χ3n) is 3.78. The molecule has 4 N–H and O–H groups in total. The molecule has 6 nitrogen and oxygen atoms in total. The van der Waals surface area contributed by atoms with Gasteiger partial charge in [0.2, 0.25) is 0 Å². The number of hydrogen-bond donors (Lipinski definition) is 4. The third kappa shape index (κ3) is 4.69.